The first kappa shape index (κ1) is 14.9. The Hall–Kier alpha value is -1.48. The number of carbonyl (C=O) groups is 1. The highest BCUT2D eigenvalue weighted by atomic mass is 35.5. The molecule has 3 nitrogen and oxygen atoms in total. The third kappa shape index (κ3) is 2.98. The Balaban J connectivity index is 2.57. The molecule has 0 aliphatic carbocycles. The van der Waals surface area contributed by atoms with E-state index in [4.69, 9.17) is 16.3 Å². The van der Waals surface area contributed by atoms with Crippen LogP contribution in [0.15, 0.2) is 24.4 Å². The molecule has 1 aromatic carbocycles. The topological polar surface area (TPSA) is 31.2 Å². The molecule has 0 saturated heterocycles. The van der Waals surface area contributed by atoms with E-state index in [0.717, 1.165) is 16.5 Å². The van der Waals surface area contributed by atoms with Gasteiger partial charge in [-0.05, 0) is 50.5 Å². The van der Waals surface area contributed by atoms with Crippen LogP contribution in [0.25, 0.3) is 10.9 Å². The van der Waals surface area contributed by atoms with Crippen LogP contribution in [0.1, 0.15) is 46.1 Å². The zero-order chi connectivity index (χ0) is 15.1. The number of ether oxygens (including phenoxy) is 1. The van der Waals surface area contributed by atoms with Crippen LogP contribution < -0.4 is 0 Å². The molecule has 4 heteroatoms. The van der Waals surface area contributed by atoms with Crippen molar-refractivity contribution >= 4 is 28.6 Å². The summed E-state index contributed by atoms with van der Waals surface area (Å²) < 4.78 is 7.01. The van der Waals surface area contributed by atoms with Crippen molar-refractivity contribution < 1.29 is 9.53 Å². The number of hydrogen-bond donors (Lipinski definition) is 0. The number of aromatic nitrogens is 1. The van der Waals surface area contributed by atoms with E-state index in [2.05, 4.69) is 13.8 Å². The van der Waals surface area contributed by atoms with Gasteiger partial charge in [0, 0.05) is 16.6 Å². The van der Waals surface area contributed by atoms with Crippen LogP contribution in [0.3, 0.4) is 0 Å². The Morgan fingerprint density at radius 3 is 2.50 bits per heavy atom. The fourth-order valence-electron chi connectivity index (χ4n) is 2.15. The smallest absolute Gasteiger partial charge is 0.419 e. The maximum atomic E-state index is 12.3. The molecular formula is C16H20ClNO2. The van der Waals surface area contributed by atoms with Gasteiger partial charge in [-0.3, -0.25) is 4.57 Å². The lowest BCUT2D eigenvalue weighted by Crippen LogP contribution is -2.26. The average molecular weight is 294 g/mol. The quantitative estimate of drug-likeness (QED) is 0.723. The van der Waals surface area contributed by atoms with Gasteiger partial charge in [-0.1, -0.05) is 25.4 Å². The number of carbonyl (C=O) groups excluding carboxylic acids is 1. The molecule has 1 aromatic heterocycles. The predicted octanol–water partition coefficient (Wildman–Crippen LogP) is 5.20. The first-order chi connectivity index (χ1) is 9.19. The first-order valence-corrected chi connectivity index (χ1v) is 7.10. The maximum absolute atomic E-state index is 12.3. The van der Waals surface area contributed by atoms with Gasteiger partial charge >= 0.3 is 6.09 Å². The van der Waals surface area contributed by atoms with E-state index in [1.54, 1.807) is 10.6 Å². The minimum absolute atomic E-state index is 0.305. The number of nitrogens with zero attached hydrogens (tertiary/aromatic N) is 1. The lowest BCUT2D eigenvalue weighted by atomic mass is 10.0. The van der Waals surface area contributed by atoms with Crippen LogP contribution in [0, 0.1) is 0 Å². The Kier molecular flexibility index (Phi) is 3.83. The maximum Gasteiger partial charge on any atom is 0.419 e. The van der Waals surface area contributed by atoms with Crippen molar-refractivity contribution in [3.8, 4) is 0 Å². The first-order valence-electron chi connectivity index (χ1n) is 6.73. The van der Waals surface area contributed by atoms with E-state index in [1.165, 1.54) is 0 Å². The molecule has 0 amide bonds. The van der Waals surface area contributed by atoms with Gasteiger partial charge in [0.1, 0.15) is 5.60 Å². The summed E-state index contributed by atoms with van der Waals surface area (Å²) in [6.07, 6.45) is 1.48. The van der Waals surface area contributed by atoms with E-state index in [-0.39, 0.29) is 6.09 Å². The standard InChI is InChI=1S/C16H20ClNO2/c1-10(2)13-9-18(15(19)20-16(3,4)5)14-7-6-11(17)8-12(13)14/h6-10H,1-5H3. The molecule has 2 rings (SSSR count). The Bertz CT molecular complexity index is 650. The fourth-order valence-corrected chi connectivity index (χ4v) is 2.32. The Morgan fingerprint density at radius 2 is 1.95 bits per heavy atom. The molecule has 108 valence electrons. The predicted molar refractivity (Wildman–Crippen MR) is 82.7 cm³/mol. The summed E-state index contributed by atoms with van der Waals surface area (Å²) in [4.78, 5) is 12.3. The van der Waals surface area contributed by atoms with Crippen LogP contribution >= 0.6 is 11.6 Å². The molecule has 0 N–H and O–H groups in total. The SMILES string of the molecule is CC(C)c1cn(C(=O)OC(C)(C)C)c2ccc(Cl)cc12. The molecule has 0 radical (unpaired) electrons. The van der Waals surface area contributed by atoms with Crippen LogP contribution in [0.4, 0.5) is 4.79 Å². The summed E-state index contributed by atoms with van der Waals surface area (Å²) in [6.45, 7) is 9.76. The summed E-state index contributed by atoms with van der Waals surface area (Å²) in [7, 11) is 0. The van der Waals surface area contributed by atoms with Gasteiger partial charge in [-0.15, -0.1) is 0 Å². The highest BCUT2D eigenvalue weighted by molar-refractivity contribution is 6.31. The third-order valence-electron chi connectivity index (χ3n) is 3.01. The zero-order valence-corrected chi connectivity index (χ0v) is 13.3. The third-order valence-corrected chi connectivity index (χ3v) is 3.24. The van der Waals surface area contributed by atoms with Gasteiger partial charge in [0.05, 0.1) is 5.52 Å². The van der Waals surface area contributed by atoms with E-state index >= 15 is 0 Å². The number of hydrogen-bond acceptors (Lipinski definition) is 2. The Morgan fingerprint density at radius 1 is 1.30 bits per heavy atom. The van der Waals surface area contributed by atoms with E-state index in [1.807, 2.05) is 39.1 Å². The molecule has 0 atom stereocenters. The summed E-state index contributed by atoms with van der Waals surface area (Å²) >= 11 is 6.07. The summed E-state index contributed by atoms with van der Waals surface area (Å²) in [5.74, 6) is 0.305. The van der Waals surface area contributed by atoms with Crippen molar-refractivity contribution in [1.29, 1.82) is 0 Å². The van der Waals surface area contributed by atoms with Gasteiger partial charge in [-0.25, -0.2) is 4.79 Å². The molecule has 1 heterocycles. The fraction of sp³-hybridized carbons (Fsp3) is 0.438. The lowest BCUT2D eigenvalue weighted by Gasteiger charge is -2.19. The highest BCUT2D eigenvalue weighted by Crippen LogP contribution is 2.30. The molecular weight excluding hydrogens is 274 g/mol. The van der Waals surface area contributed by atoms with Crippen molar-refractivity contribution in [3.63, 3.8) is 0 Å². The highest BCUT2D eigenvalue weighted by Gasteiger charge is 2.21. The summed E-state index contributed by atoms with van der Waals surface area (Å²) in [5.41, 5.74) is 1.40. The monoisotopic (exact) mass is 293 g/mol. The van der Waals surface area contributed by atoms with Crippen LogP contribution in [-0.2, 0) is 4.74 Å². The lowest BCUT2D eigenvalue weighted by molar-refractivity contribution is 0.0544. The van der Waals surface area contributed by atoms with Crippen LogP contribution in [-0.4, -0.2) is 16.3 Å². The van der Waals surface area contributed by atoms with Crippen molar-refractivity contribution in [3.05, 3.63) is 35.0 Å². The zero-order valence-electron chi connectivity index (χ0n) is 12.5. The van der Waals surface area contributed by atoms with Crippen LogP contribution in [0.2, 0.25) is 5.02 Å². The second-order valence-corrected chi connectivity index (χ2v) is 6.69. The van der Waals surface area contributed by atoms with Gasteiger partial charge < -0.3 is 4.74 Å². The van der Waals surface area contributed by atoms with E-state index in [0.29, 0.717) is 10.9 Å². The minimum atomic E-state index is -0.516. The second kappa shape index (κ2) is 5.13. The minimum Gasteiger partial charge on any atom is -0.443 e. The van der Waals surface area contributed by atoms with E-state index in [9.17, 15) is 4.79 Å². The molecule has 2 aromatic rings. The van der Waals surface area contributed by atoms with Gasteiger partial charge in [0.2, 0.25) is 0 Å². The number of rotatable bonds is 1. The molecule has 20 heavy (non-hydrogen) atoms. The van der Waals surface area contributed by atoms with E-state index < -0.39 is 5.60 Å². The van der Waals surface area contributed by atoms with Gasteiger partial charge in [0.25, 0.3) is 0 Å². The van der Waals surface area contributed by atoms with Crippen molar-refractivity contribution in [2.45, 2.75) is 46.1 Å². The second-order valence-electron chi connectivity index (χ2n) is 6.25. The largest absolute Gasteiger partial charge is 0.443 e. The molecule has 0 aliphatic heterocycles. The molecule has 0 fully saturated rings. The normalized spacial score (nSPS) is 12.2. The number of halogens is 1. The van der Waals surface area contributed by atoms with Crippen molar-refractivity contribution in [2.75, 3.05) is 0 Å². The number of benzene rings is 1. The average Bonchev–Trinajstić information content (AvgIpc) is 2.65. The van der Waals surface area contributed by atoms with Gasteiger partial charge in [0.15, 0.2) is 0 Å². The van der Waals surface area contributed by atoms with Crippen LogP contribution in [0.5, 0.6) is 0 Å². The van der Waals surface area contributed by atoms with Crippen molar-refractivity contribution in [2.24, 2.45) is 0 Å². The molecule has 0 bridgehead atoms. The molecule has 0 saturated carbocycles. The summed E-state index contributed by atoms with van der Waals surface area (Å²) in [5, 5.41) is 1.67. The number of fused-ring (bicyclic) bond motifs is 1. The van der Waals surface area contributed by atoms with Gasteiger partial charge in [-0.2, -0.15) is 0 Å². The Labute approximate surface area is 124 Å². The molecule has 0 aliphatic rings. The summed E-state index contributed by atoms with van der Waals surface area (Å²) in [6, 6.07) is 5.54. The molecule has 0 unspecified atom stereocenters. The molecule has 0 spiro atoms. The van der Waals surface area contributed by atoms with Crippen molar-refractivity contribution in [1.82, 2.24) is 4.57 Å².